The number of carbonyl (C=O) groups is 1. The van der Waals surface area contributed by atoms with E-state index in [1.54, 1.807) is 19.1 Å². The van der Waals surface area contributed by atoms with Crippen LogP contribution in [0, 0.1) is 6.92 Å². The van der Waals surface area contributed by atoms with E-state index in [9.17, 15) is 23.1 Å². The summed E-state index contributed by atoms with van der Waals surface area (Å²) in [4.78, 5) is 17.4. The molecule has 0 aliphatic carbocycles. The van der Waals surface area contributed by atoms with Crippen LogP contribution in [0.1, 0.15) is 32.9 Å². The lowest BCUT2D eigenvalue weighted by molar-refractivity contribution is -0.137. The molecule has 0 aliphatic heterocycles. The normalized spacial score (nSPS) is 11.6. The molecule has 28 heavy (non-hydrogen) atoms. The van der Waals surface area contributed by atoms with Crippen LogP contribution in [0.4, 0.5) is 13.2 Å². The summed E-state index contributed by atoms with van der Waals surface area (Å²) < 4.78 is 38.1. The molecule has 0 bridgehead atoms. The van der Waals surface area contributed by atoms with Crippen molar-refractivity contribution in [1.82, 2.24) is 4.98 Å². The van der Waals surface area contributed by atoms with Gasteiger partial charge >= 0.3 is 6.18 Å². The van der Waals surface area contributed by atoms with Crippen molar-refractivity contribution in [3.8, 4) is 16.3 Å². The van der Waals surface area contributed by atoms with E-state index in [0.717, 1.165) is 17.7 Å². The van der Waals surface area contributed by atoms with Crippen LogP contribution >= 0.6 is 22.9 Å². The predicted octanol–water partition coefficient (Wildman–Crippen LogP) is 6.31. The molecule has 1 aromatic heterocycles. The van der Waals surface area contributed by atoms with Crippen molar-refractivity contribution in [1.29, 1.82) is 0 Å². The molecule has 1 heterocycles. The SMILES string of the molecule is Cc1nc(-c2ccc(C(F)(F)F)cc2)sc1C(=O)CCc1ccc(O)c(Cl)c1. The average Bonchev–Trinajstić information content (AvgIpc) is 3.03. The Kier molecular flexibility index (Phi) is 5.76. The van der Waals surface area contributed by atoms with Gasteiger partial charge in [0, 0.05) is 12.0 Å². The Morgan fingerprint density at radius 2 is 1.86 bits per heavy atom. The number of phenolic OH excluding ortho intramolecular Hbond substituents is 1. The number of aromatic hydroxyl groups is 1. The number of nitrogens with zero attached hydrogens (tertiary/aromatic N) is 1. The van der Waals surface area contributed by atoms with Crippen molar-refractivity contribution in [3.63, 3.8) is 0 Å². The number of carbonyl (C=O) groups excluding carboxylic acids is 1. The molecule has 0 saturated heterocycles. The molecule has 1 N–H and O–H groups in total. The maximum Gasteiger partial charge on any atom is 0.416 e. The van der Waals surface area contributed by atoms with Crippen molar-refractivity contribution in [2.24, 2.45) is 0 Å². The van der Waals surface area contributed by atoms with Gasteiger partial charge in [-0.05, 0) is 43.2 Å². The summed E-state index contributed by atoms with van der Waals surface area (Å²) in [5.41, 5.74) is 1.17. The van der Waals surface area contributed by atoms with Gasteiger partial charge in [-0.15, -0.1) is 11.3 Å². The number of Topliss-reactive ketones (excluding diaryl/α,β-unsaturated/α-hetero) is 1. The minimum absolute atomic E-state index is 0.0174. The fraction of sp³-hybridized carbons (Fsp3) is 0.200. The molecule has 0 spiro atoms. The summed E-state index contributed by atoms with van der Waals surface area (Å²) in [5.74, 6) is -0.117. The Morgan fingerprint density at radius 1 is 1.18 bits per heavy atom. The number of aryl methyl sites for hydroxylation is 2. The number of hydrogen-bond donors (Lipinski definition) is 1. The third kappa shape index (κ3) is 4.54. The third-order valence-electron chi connectivity index (χ3n) is 4.16. The first-order valence-corrected chi connectivity index (χ1v) is 9.50. The van der Waals surface area contributed by atoms with E-state index in [1.807, 2.05) is 0 Å². The highest BCUT2D eigenvalue weighted by Crippen LogP contribution is 2.33. The number of ketones is 1. The van der Waals surface area contributed by atoms with Crippen molar-refractivity contribution in [2.75, 3.05) is 0 Å². The molecule has 0 saturated carbocycles. The Labute approximate surface area is 168 Å². The van der Waals surface area contributed by atoms with E-state index in [4.69, 9.17) is 11.6 Å². The van der Waals surface area contributed by atoms with Crippen LogP contribution in [0.25, 0.3) is 10.6 Å². The fourth-order valence-corrected chi connectivity index (χ4v) is 3.90. The largest absolute Gasteiger partial charge is 0.506 e. The zero-order valence-electron chi connectivity index (χ0n) is 14.7. The number of alkyl halides is 3. The molecule has 0 fully saturated rings. The molecule has 3 aromatic rings. The second-order valence-corrected chi connectivity index (χ2v) is 7.62. The second kappa shape index (κ2) is 7.93. The second-order valence-electron chi connectivity index (χ2n) is 6.22. The van der Waals surface area contributed by atoms with Crippen molar-refractivity contribution < 1.29 is 23.1 Å². The van der Waals surface area contributed by atoms with E-state index in [0.29, 0.717) is 27.6 Å². The highest BCUT2D eigenvalue weighted by Gasteiger charge is 2.30. The molecule has 3 nitrogen and oxygen atoms in total. The van der Waals surface area contributed by atoms with E-state index in [1.165, 1.54) is 29.5 Å². The molecule has 8 heteroatoms. The van der Waals surface area contributed by atoms with Gasteiger partial charge in [-0.1, -0.05) is 29.8 Å². The van der Waals surface area contributed by atoms with E-state index in [-0.39, 0.29) is 23.0 Å². The van der Waals surface area contributed by atoms with E-state index < -0.39 is 11.7 Å². The number of rotatable bonds is 5. The lowest BCUT2D eigenvalue weighted by Crippen LogP contribution is -2.03. The third-order valence-corrected chi connectivity index (χ3v) is 5.71. The molecule has 0 atom stereocenters. The number of benzene rings is 2. The van der Waals surface area contributed by atoms with Crippen LogP contribution in [0.2, 0.25) is 5.02 Å². The van der Waals surface area contributed by atoms with Crippen LogP contribution in [0.5, 0.6) is 5.75 Å². The minimum atomic E-state index is -4.39. The van der Waals surface area contributed by atoms with Gasteiger partial charge < -0.3 is 5.11 Å². The molecule has 3 rings (SSSR count). The van der Waals surface area contributed by atoms with Gasteiger partial charge in [0.1, 0.15) is 10.8 Å². The summed E-state index contributed by atoms with van der Waals surface area (Å²) in [6.07, 6.45) is -3.71. The smallest absolute Gasteiger partial charge is 0.416 e. The molecule has 0 unspecified atom stereocenters. The zero-order chi connectivity index (χ0) is 20.5. The van der Waals surface area contributed by atoms with Gasteiger partial charge in [0.25, 0.3) is 0 Å². The van der Waals surface area contributed by atoms with Crippen LogP contribution in [-0.2, 0) is 12.6 Å². The Hall–Kier alpha value is -2.38. The molecule has 0 aliphatic rings. The zero-order valence-corrected chi connectivity index (χ0v) is 16.3. The Morgan fingerprint density at radius 3 is 2.46 bits per heavy atom. The van der Waals surface area contributed by atoms with Crippen LogP contribution < -0.4 is 0 Å². The maximum absolute atomic E-state index is 12.7. The predicted molar refractivity (Wildman–Crippen MR) is 103 cm³/mol. The highest BCUT2D eigenvalue weighted by atomic mass is 35.5. The highest BCUT2D eigenvalue weighted by molar-refractivity contribution is 7.17. The molecule has 0 radical (unpaired) electrons. The molecule has 146 valence electrons. The number of hydrogen-bond acceptors (Lipinski definition) is 4. The standard InChI is InChI=1S/C20H15ClF3NO2S/c1-11-18(17(27)9-3-12-2-8-16(26)15(21)10-12)28-19(25-11)13-4-6-14(7-5-13)20(22,23)24/h2,4-8,10,26H,3,9H2,1H3. The van der Waals surface area contributed by atoms with E-state index >= 15 is 0 Å². The Bertz CT molecular complexity index is 1010. The topological polar surface area (TPSA) is 50.2 Å². The number of halogens is 4. The van der Waals surface area contributed by atoms with Crippen molar-refractivity contribution in [2.45, 2.75) is 25.9 Å². The summed E-state index contributed by atoms with van der Waals surface area (Å²) >= 11 is 7.04. The summed E-state index contributed by atoms with van der Waals surface area (Å²) in [6.45, 7) is 1.70. The first kappa shape index (κ1) is 20.4. The van der Waals surface area contributed by atoms with Gasteiger partial charge in [-0.2, -0.15) is 13.2 Å². The van der Waals surface area contributed by atoms with Gasteiger partial charge in [0.15, 0.2) is 5.78 Å². The quantitative estimate of drug-likeness (QED) is 0.487. The van der Waals surface area contributed by atoms with Crippen LogP contribution in [-0.4, -0.2) is 15.9 Å². The van der Waals surface area contributed by atoms with Crippen molar-refractivity contribution in [3.05, 3.63) is 69.2 Å². The minimum Gasteiger partial charge on any atom is -0.506 e. The average molecular weight is 426 g/mol. The molecule has 2 aromatic carbocycles. The summed E-state index contributed by atoms with van der Waals surface area (Å²) in [7, 11) is 0. The van der Waals surface area contributed by atoms with Gasteiger partial charge in [-0.25, -0.2) is 4.98 Å². The number of thiazole rings is 1. The van der Waals surface area contributed by atoms with Gasteiger partial charge in [0.2, 0.25) is 0 Å². The fourth-order valence-electron chi connectivity index (χ4n) is 2.66. The molecular formula is C20H15ClF3NO2S. The Balaban J connectivity index is 1.74. The number of aromatic nitrogens is 1. The lowest BCUT2D eigenvalue weighted by Gasteiger charge is -2.06. The first-order valence-electron chi connectivity index (χ1n) is 8.31. The van der Waals surface area contributed by atoms with Crippen LogP contribution in [0.3, 0.4) is 0 Å². The van der Waals surface area contributed by atoms with Gasteiger partial charge in [0.05, 0.1) is 21.2 Å². The van der Waals surface area contributed by atoms with Gasteiger partial charge in [-0.3, -0.25) is 4.79 Å². The lowest BCUT2D eigenvalue weighted by atomic mass is 10.1. The summed E-state index contributed by atoms with van der Waals surface area (Å²) in [6, 6.07) is 9.49. The monoisotopic (exact) mass is 425 g/mol. The van der Waals surface area contributed by atoms with Crippen LogP contribution in [0.15, 0.2) is 42.5 Å². The first-order chi connectivity index (χ1) is 13.1. The molecule has 0 amide bonds. The van der Waals surface area contributed by atoms with Crippen molar-refractivity contribution >= 4 is 28.7 Å². The molecular weight excluding hydrogens is 411 g/mol. The summed E-state index contributed by atoms with van der Waals surface area (Å²) in [5, 5.41) is 10.2. The van der Waals surface area contributed by atoms with E-state index in [2.05, 4.69) is 4.98 Å². The maximum atomic E-state index is 12.7. The number of phenols is 1.